The van der Waals surface area contributed by atoms with Crippen LogP contribution < -0.4 is 11.1 Å². The molecule has 0 atom stereocenters. The molecule has 1 aliphatic carbocycles. The molecule has 2 rings (SSSR count). The predicted octanol–water partition coefficient (Wildman–Crippen LogP) is -0.000200. The van der Waals surface area contributed by atoms with Gasteiger partial charge in [0.05, 0.1) is 5.54 Å². The molecule has 1 aromatic heterocycles. The number of aromatic nitrogens is 2. The topological polar surface area (TPSA) is 94.0 Å². The molecule has 0 radical (unpaired) electrons. The summed E-state index contributed by atoms with van der Waals surface area (Å²) >= 11 is 0. The van der Waals surface area contributed by atoms with E-state index < -0.39 is 5.54 Å². The SMILES string of the molecule is NC1(C(=O)NCCc2ncno2)CCCC1. The molecule has 6 nitrogen and oxygen atoms in total. The van der Waals surface area contributed by atoms with Crippen molar-refractivity contribution in [3.8, 4) is 0 Å². The van der Waals surface area contributed by atoms with E-state index in [0.717, 1.165) is 25.7 Å². The summed E-state index contributed by atoms with van der Waals surface area (Å²) in [5.41, 5.74) is 5.34. The highest BCUT2D eigenvalue weighted by molar-refractivity contribution is 5.86. The van der Waals surface area contributed by atoms with Gasteiger partial charge < -0.3 is 15.6 Å². The number of nitrogens with two attached hydrogens (primary N) is 1. The molecule has 16 heavy (non-hydrogen) atoms. The number of carbonyl (C=O) groups excluding carboxylic acids is 1. The molecule has 0 aromatic carbocycles. The zero-order chi connectivity index (χ0) is 11.4. The van der Waals surface area contributed by atoms with Crippen LogP contribution in [0.15, 0.2) is 10.9 Å². The number of nitrogens with zero attached hydrogens (tertiary/aromatic N) is 2. The third kappa shape index (κ3) is 2.38. The van der Waals surface area contributed by atoms with Crippen molar-refractivity contribution >= 4 is 5.91 Å². The molecule has 1 aliphatic rings. The molecule has 0 spiro atoms. The Hall–Kier alpha value is -1.43. The lowest BCUT2D eigenvalue weighted by Gasteiger charge is -2.21. The monoisotopic (exact) mass is 224 g/mol. The van der Waals surface area contributed by atoms with Gasteiger partial charge in [-0.1, -0.05) is 18.0 Å². The molecule has 1 aromatic rings. The van der Waals surface area contributed by atoms with E-state index >= 15 is 0 Å². The average Bonchev–Trinajstić information content (AvgIpc) is 2.90. The van der Waals surface area contributed by atoms with E-state index in [1.807, 2.05) is 0 Å². The van der Waals surface area contributed by atoms with Crippen LogP contribution in [0.25, 0.3) is 0 Å². The summed E-state index contributed by atoms with van der Waals surface area (Å²) in [5, 5.41) is 6.30. The van der Waals surface area contributed by atoms with Crippen molar-refractivity contribution in [3.63, 3.8) is 0 Å². The quantitative estimate of drug-likeness (QED) is 0.750. The molecule has 0 saturated heterocycles. The molecule has 3 N–H and O–H groups in total. The lowest BCUT2D eigenvalue weighted by molar-refractivity contribution is -0.126. The van der Waals surface area contributed by atoms with E-state index in [9.17, 15) is 4.79 Å². The van der Waals surface area contributed by atoms with Gasteiger partial charge in [-0.3, -0.25) is 4.79 Å². The zero-order valence-electron chi connectivity index (χ0n) is 9.11. The molecule has 1 saturated carbocycles. The maximum atomic E-state index is 11.8. The van der Waals surface area contributed by atoms with Crippen molar-refractivity contribution in [2.75, 3.05) is 6.54 Å². The summed E-state index contributed by atoms with van der Waals surface area (Å²) < 4.78 is 4.82. The third-order valence-electron chi connectivity index (χ3n) is 2.98. The summed E-state index contributed by atoms with van der Waals surface area (Å²) in [6.07, 6.45) is 5.51. The highest BCUT2D eigenvalue weighted by atomic mass is 16.5. The molecule has 0 unspecified atom stereocenters. The number of rotatable bonds is 4. The summed E-state index contributed by atoms with van der Waals surface area (Å²) in [6, 6.07) is 0. The molecule has 1 amide bonds. The molecular weight excluding hydrogens is 208 g/mol. The molecule has 6 heteroatoms. The Kier molecular flexibility index (Phi) is 3.19. The number of hydrogen-bond donors (Lipinski definition) is 2. The van der Waals surface area contributed by atoms with Crippen molar-refractivity contribution in [2.45, 2.75) is 37.6 Å². The second kappa shape index (κ2) is 4.61. The second-order valence-corrected chi connectivity index (χ2v) is 4.20. The largest absolute Gasteiger partial charge is 0.354 e. The van der Waals surface area contributed by atoms with Crippen LogP contribution in [-0.4, -0.2) is 28.1 Å². The molecular formula is C10H16N4O2. The fourth-order valence-corrected chi connectivity index (χ4v) is 2.00. The van der Waals surface area contributed by atoms with Gasteiger partial charge in [-0.25, -0.2) is 0 Å². The summed E-state index contributed by atoms with van der Waals surface area (Å²) in [5.74, 6) is 0.460. The van der Waals surface area contributed by atoms with Crippen molar-refractivity contribution in [3.05, 3.63) is 12.2 Å². The fourth-order valence-electron chi connectivity index (χ4n) is 2.00. The van der Waals surface area contributed by atoms with Gasteiger partial charge in [0.1, 0.15) is 0 Å². The summed E-state index contributed by atoms with van der Waals surface area (Å²) in [7, 11) is 0. The molecule has 0 aliphatic heterocycles. The first kappa shape index (κ1) is 11.1. The van der Waals surface area contributed by atoms with Gasteiger partial charge in [0.25, 0.3) is 0 Å². The number of carbonyl (C=O) groups is 1. The molecule has 0 bridgehead atoms. The van der Waals surface area contributed by atoms with Crippen molar-refractivity contribution < 1.29 is 9.32 Å². The van der Waals surface area contributed by atoms with Crippen LogP contribution in [0.1, 0.15) is 31.6 Å². The predicted molar refractivity (Wildman–Crippen MR) is 56.4 cm³/mol. The number of hydrogen-bond acceptors (Lipinski definition) is 5. The Morgan fingerprint density at radius 1 is 1.56 bits per heavy atom. The van der Waals surface area contributed by atoms with Gasteiger partial charge in [-0.2, -0.15) is 4.98 Å². The van der Waals surface area contributed by atoms with Crippen LogP contribution >= 0.6 is 0 Å². The van der Waals surface area contributed by atoms with Gasteiger partial charge in [-0.15, -0.1) is 0 Å². The minimum Gasteiger partial charge on any atom is -0.354 e. The van der Waals surface area contributed by atoms with Gasteiger partial charge in [0, 0.05) is 13.0 Å². The minimum atomic E-state index is -0.658. The Morgan fingerprint density at radius 2 is 2.31 bits per heavy atom. The van der Waals surface area contributed by atoms with Crippen LogP contribution in [0.4, 0.5) is 0 Å². The van der Waals surface area contributed by atoms with Gasteiger partial charge in [0.2, 0.25) is 11.8 Å². The normalized spacial score (nSPS) is 18.6. The Bertz CT molecular complexity index is 344. The van der Waals surface area contributed by atoms with Crippen LogP contribution in [0.3, 0.4) is 0 Å². The molecule has 1 fully saturated rings. The number of amides is 1. The maximum Gasteiger partial charge on any atom is 0.240 e. The fraction of sp³-hybridized carbons (Fsp3) is 0.700. The first-order chi connectivity index (χ1) is 7.71. The Morgan fingerprint density at radius 3 is 2.94 bits per heavy atom. The lowest BCUT2D eigenvalue weighted by atomic mass is 9.98. The minimum absolute atomic E-state index is 0.0653. The number of nitrogens with one attached hydrogen (secondary N) is 1. The van der Waals surface area contributed by atoms with Crippen LogP contribution in [0.5, 0.6) is 0 Å². The Balaban J connectivity index is 1.75. The summed E-state index contributed by atoms with van der Waals surface area (Å²) in [6.45, 7) is 0.486. The highest BCUT2D eigenvalue weighted by Crippen LogP contribution is 2.27. The Labute approximate surface area is 93.6 Å². The lowest BCUT2D eigenvalue weighted by Crippen LogP contribution is -2.52. The van der Waals surface area contributed by atoms with Crippen LogP contribution in [-0.2, 0) is 11.2 Å². The first-order valence-corrected chi connectivity index (χ1v) is 5.53. The van der Waals surface area contributed by atoms with Gasteiger partial charge in [0.15, 0.2) is 6.33 Å². The van der Waals surface area contributed by atoms with Crippen LogP contribution in [0, 0.1) is 0 Å². The molecule has 88 valence electrons. The molecule has 1 heterocycles. The van der Waals surface area contributed by atoms with E-state index in [1.165, 1.54) is 6.33 Å². The van der Waals surface area contributed by atoms with E-state index in [-0.39, 0.29) is 5.91 Å². The second-order valence-electron chi connectivity index (χ2n) is 4.20. The first-order valence-electron chi connectivity index (χ1n) is 5.53. The van der Waals surface area contributed by atoms with E-state index in [4.69, 9.17) is 10.3 Å². The third-order valence-corrected chi connectivity index (χ3v) is 2.98. The average molecular weight is 224 g/mol. The van der Waals surface area contributed by atoms with Crippen LogP contribution in [0.2, 0.25) is 0 Å². The van der Waals surface area contributed by atoms with E-state index in [0.29, 0.717) is 18.9 Å². The van der Waals surface area contributed by atoms with E-state index in [2.05, 4.69) is 15.5 Å². The standard InChI is InChI=1S/C10H16N4O2/c11-10(4-1-2-5-10)9(15)12-6-3-8-13-7-14-16-8/h7H,1-6,11H2,(H,12,15). The van der Waals surface area contributed by atoms with Crippen molar-refractivity contribution in [1.29, 1.82) is 0 Å². The smallest absolute Gasteiger partial charge is 0.240 e. The van der Waals surface area contributed by atoms with Crippen molar-refractivity contribution in [1.82, 2.24) is 15.5 Å². The summed E-state index contributed by atoms with van der Waals surface area (Å²) in [4.78, 5) is 15.7. The highest BCUT2D eigenvalue weighted by Gasteiger charge is 2.36. The van der Waals surface area contributed by atoms with Crippen molar-refractivity contribution in [2.24, 2.45) is 5.73 Å². The van der Waals surface area contributed by atoms with Gasteiger partial charge >= 0.3 is 0 Å². The van der Waals surface area contributed by atoms with Gasteiger partial charge in [-0.05, 0) is 12.8 Å². The zero-order valence-corrected chi connectivity index (χ0v) is 9.11. The maximum absolute atomic E-state index is 11.8. The van der Waals surface area contributed by atoms with E-state index in [1.54, 1.807) is 0 Å².